The molecule has 0 atom stereocenters. The van der Waals surface area contributed by atoms with Crippen molar-refractivity contribution in [2.75, 3.05) is 13.1 Å². The average molecular weight is 311 g/mol. The lowest BCUT2D eigenvalue weighted by Gasteiger charge is -2.02. The van der Waals surface area contributed by atoms with Crippen molar-refractivity contribution in [1.29, 1.82) is 0 Å². The molecule has 9 heteroatoms. The molecule has 0 aromatic carbocycles. The summed E-state index contributed by atoms with van der Waals surface area (Å²) in [7, 11) is -3.49. The van der Waals surface area contributed by atoms with Gasteiger partial charge < -0.3 is 0 Å². The molecule has 0 unspecified atom stereocenters. The van der Waals surface area contributed by atoms with Gasteiger partial charge in [-0.1, -0.05) is 5.11 Å². The zero-order valence-corrected chi connectivity index (χ0v) is 10.6. The molecule has 82 valence electrons. The zero-order chi connectivity index (χ0) is 11.3. The van der Waals surface area contributed by atoms with Gasteiger partial charge in [-0.2, -0.15) is 0 Å². The molecule has 1 N–H and O–H groups in total. The Hall–Kier alpha value is -0.600. The van der Waals surface area contributed by atoms with Crippen LogP contribution in [0.3, 0.4) is 0 Å². The number of azide groups is 1. The Balaban J connectivity index is 2.68. The highest BCUT2D eigenvalue weighted by Gasteiger charge is 2.17. The third kappa shape index (κ3) is 3.47. The fourth-order valence-corrected chi connectivity index (χ4v) is 4.21. The number of hydrogen-bond donors (Lipinski definition) is 1. The average Bonchev–Trinajstić information content (AvgIpc) is 2.60. The van der Waals surface area contributed by atoms with Crippen molar-refractivity contribution >= 4 is 37.3 Å². The van der Waals surface area contributed by atoms with Gasteiger partial charge >= 0.3 is 0 Å². The zero-order valence-electron chi connectivity index (χ0n) is 7.42. The molecule has 0 amide bonds. The van der Waals surface area contributed by atoms with Gasteiger partial charge in [0.05, 0.1) is 0 Å². The molecule has 0 aliphatic carbocycles. The summed E-state index contributed by atoms with van der Waals surface area (Å²) in [5, 5.41) is 4.90. The molecule has 0 bridgehead atoms. The van der Waals surface area contributed by atoms with Gasteiger partial charge in [0.15, 0.2) is 0 Å². The fraction of sp³-hybridized carbons (Fsp3) is 0.333. The molecule has 0 saturated heterocycles. The number of nitrogens with zero attached hydrogens (tertiary/aromatic N) is 3. The second-order valence-electron chi connectivity index (χ2n) is 2.41. The van der Waals surface area contributed by atoms with E-state index in [4.69, 9.17) is 5.53 Å². The first-order chi connectivity index (χ1) is 7.08. The van der Waals surface area contributed by atoms with Gasteiger partial charge in [-0.25, -0.2) is 13.1 Å². The van der Waals surface area contributed by atoms with Gasteiger partial charge in [-0.05, 0) is 32.9 Å². The summed E-state index contributed by atoms with van der Waals surface area (Å²) in [4.78, 5) is 2.52. The van der Waals surface area contributed by atoms with Crippen molar-refractivity contribution in [3.8, 4) is 0 Å². The third-order valence-corrected chi connectivity index (χ3v) is 5.53. The van der Waals surface area contributed by atoms with Crippen LogP contribution in [-0.2, 0) is 10.0 Å². The van der Waals surface area contributed by atoms with Crippen LogP contribution in [0.1, 0.15) is 0 Å². The maximum atomic E-state index is 11.6. The lowest BCUT2D eigenvalue weighted by Crippen LogP contribution is -2.25. The second-order valence-corrected chi connectivity index (χ2v) is 6.14. The van der Waals surface area contributed by atoms with Crippen molar-refractivity contribution in [2.45, 2.75) is 4.21 Å². The van der Waals surface area contributed by atoms with E-state index in [0.29, 0.717) is 4.47 Å². The number of hydrogen-bond acceptors (Lipinski definition) is 4. The van der Waals surface area contributed by atoms with Crippen molar-refractivity contribution in [3.63, 3.8) is 0 Å². The van der Waals surface area contributed by atoms with E-state index in [2.05, 4.69) is 30.7 Å². The van der Waals surface area contributed by atoms with Crippen molar-refractivity contribution < 1.29 is 8.42 Å². The minimum absolute atomic E-state index is 0.0940. The van der Waals surface area contributed by atoms with E-state index in [1.807, 2.05) is 0 Å². The van der Waals surface area contributed by atoms with Crippen molar-refractivity contribution in [2.24, 2.45) is 5.11 Å². The van der Waals surface area contributed by atoms with Crippen LogP contribution in [0.4, 0.5) is 0 Å². The van der Waals surface area contributed by atoms with E-state index >= 15 is 0 Å². The second kappa shape index (κ2) is 5.47. The highest BCUT2D eigenvalue weighted by Crippen LogP contribution is 2.26. The summed E-state index contributed by atoms with van der Waals surface area (Å²) >= 11 is 4.25. The molecular formula is C6H7BrN4O2S2. The lowest BCUT2D eigenvalue weighted by atomic mass is 10.7. The van der Waals surface area contributed by atoms with Crippen LogP contribution in [-0.4, -0.2) is 21.5 Å². The van der Waals surface area contributed by atoms with E-state index in [1.165, 1.54) is 0 Å². The lowest BCUT2D eigenvalue weighted by molar-refractivity contribution is 0.584. The Morgan fingerprint density at radius 1 is 1.67 bits per heavy atom. The van der Waals surface area contributed by atoms with Gasteiger partial charge in [0.2, 0.25) is 0 Å². The van der Waals surface area contributed by atoms with Crippen LogP contribution >= 0.6 is 27.3 Å². The number of rotatable bonds is 5. The van der Waals surface area contributed by atoms with Crippen LogP contribution in [0.5, 0.6) is 0 Å². The van der Waals surface area contributed by atoms with Crippen molar-refractivity contribution in [1.82, 2.24) is 4.72 Å². The standard InChI is InChI=1S/C6H7BrN4O2S2/c7-5-1-4-14-6(5)15(12,13)10-3-2-9-11-8/h1,4,10H,2-3H2. The minimum atomic E-state index is -3.49. The summed E-state index contributed by atoms with van der Waals surface area (Å²) in [6, 6.07) is 1.66. The topological polar surface area (TPSA) is 94.9 Å². The van der Waals surface area contributed by atoms with Gasteiger partial charge in [0.1, 0.15) is 4.21 Å². The molecule has 1 aromatic heterocycles. The van der Waals surface area contributed by atoms with Crippen LogP contribution in [0.2, 0.25) is 0 Å². The maximum Gasteiger partial charge on any atom is 0.251 e. The Morgan fingerprint density at radius 3 is 2.93 bits per heavy atom. The van der Waals surface area contributed by atoms with Crippen LogP contribution < -0.4 is 4.72 Å². The molecule has 1 aromatic rings. The van der Waals surface area contributed by atoms with Crippen molar-refractivity contribution in [3.05, 3.63) is 26.4 Å². The summed E-state index contributed by atoms with van der Waals surface area (Å²) in [6.45, 7) is 0.190. The third-order valence-electron chi connectivity index (χ3n) is 1.40. The quantitative estimate of drug-likeness (QED) is 0.390. The minimum Gasteiger partial charge on any atom is -0.210 e. The Labute approximate surface area is 99.1 Å². The SMILES string of the molecule is [N-]=[N+]=NCCNS(=O)(=O)c1sccc1Br. The van der Waals surface area contributed by atoms with E-state index < -0.39 is 10.0 Å². The fourth-order valence-electron chi connectivity index (χ4n) is 0.812. The van der Waals surface area contributed by atoms with Gasteiger partial charge in [-0.15, -0.1) is 11.3 Å². The predicted octanol–water partition coefficient (Wildman–Crippen LogP) is 2.10. The molecule has 0 aliphatic rings. The molecule has 15 heavy (non-hydrogen) atoms. The van der Waals surface area contributed by atoms with Crippen LogP contribution in [0, 0.1) is 0 Å². The Bertz CT molecular complexity index is 477. The van der Waals surface area contributed by atoms with E-state index in [-0.39, 0.29) is 17.3 Å². The van der Waals surface area contributed by atoms with Gasteiger partial charge in [0, 0.05) is 22.5 Å². The normalized spacial score (nSPS) is 11.0. The summed E-state index contributed by atoms with van der Waals surface area (Å²) < 4.78 is 26.3. The number of thiophene rings is 1. The molecule has 0 saturated carbocycles. The first kappa shape index (κ1) is 12.5. The molecule has 0 radical (unpaired) electrons. The highest BCUT2D eigenvalue weighted by atomic mass is 79.9. The first-order valence-corrected chi connectivity index (χ1v) is 6.97. The molecule has 0 fully saturated rings. The molecular weight excluding hydrogens is 304 g/mol. The maximum absolute atomic E-state index is 11.6. The molecule has 0 spiro atoms. The molecule has 1 heterocycles. The van der Waals surface area contributed by atoms with E-state index in [9.17, 15) is 8.42 Å². The predicted molar refractivity (Wildman–Crippen MR) is 61.2 cm³/mol. The van der Waals surface area contributed by atoms with Crippen LogP contribution in [0.25, 0.3) is 10.4 Å². The molecule has 1 rings (SSSR count). The number of nitrogens with one attached hydrogen (secondary N) is 1. The van der Waals surface area contributed by atoms with Gasteiger partial charge in [0.25, 0.3) is 10.0 Å². The summed E-state index contributed by atoms with van der Waals surface area (Å²) in [5.41, 5.74) is 8.00. The van der Waals surface area contributed by atoms with E-state index in [1.54, 1.807) is 11.4 Å². The number of sulfonamides is 1. The highest BCUT2D eigenvalue weighted by molar-refractivity contribution is 9.10. The Morgan fingerprint density at radius 2 is 2.40 bits per heavy atom. The van der Waals surface area contributed by atoms with Gasteiger partial charge in [-0.3, -0.25) is 0 Å². The first-order valence-electron chi connectivity index (χ1n) is 3.81. The number of halogens is 1. The molecule has 0 aliphatic heterocycles. The summed E-state index contributed by atoms with van der Waals surface area (Å²) in [5.74, 6) is 0. The molecule has 6 nitrogen and oxygen atoms in total. The summed E-state index contributed by atoms with van der Waals surface area (Å²) in [6.07, 6.45) is 0. The monoisotopic (exact) mass is 310 g/mol. The van der Waals surface area contributed by atoms with Crippen LogP contribution in [0.15, 0.2) is 25.2 Å². The smallest absolute Gasteiger partial charge is 0.210 e. The van der Waals surface area contributed by atoms with E-state index in [0.717, 1.165) is 11.3 Å². The largest absolute Gasteiger partial charge is 0.251 e. The Kier molecular flexibility index (Phi) is 4.55.